The summed E-state index contributed by atoms with van der Waals surface area (Å²) in [4.78, 5) is 19.0. The fourth-order valence-corrected chi connectivity index (χ4v) is 1.54. The standard InChI is InChI=1S/C10H12N2O2S/c1-3-14-10(13)8(2)6-15-9-4-5-11-7-12-9/h4-5,7H,2-3,6H2,1H3. The first-order valence-electron chi connectivity index (χ1n) is 4.47. The van der Waals surface area contributed by atoms with Crippen LogP contribution in [0.3, 0.4) is 0 Å². The maximum atomic E-state index is 11.2. The van der Waals surface area contributed by atoms with Crippen molar-refractivity contribution >= 4 is 17.7 Å². The van der Waals surface area contributed by atoms with Crippen LogP contribution >= 0.6 is 11.8 Å². The highest BCUT2D eigenvalue weighted by Crippen LogP contribution is 2.16. The highest BCUT2D eigenvalue weighted by molar-refractivity contribution is 7.99. The fraction of sp³-hybridized carbons (Fsp3) is 0.300. The van der Waals surface area contributed by atoms with Crippen LogP contribution in [0.25, 0.3) is 0 Å². The van der Waals surface area contributed by atoms with Gasteiger partial charge in [0, 0.05) is 17.5 Å². The van der Waals surface area contributed by atoms with Gasteiger partial charge in [0.05, 0.1) is 11.6 Å². The zero-order valence-corrected chi connectivity index (χ0v) is 9.29. The van der Waals surface area contributed by atoms with E-state index in [1.165, 1.54) is 18.1 Å². The lowest BCUT2D eigenvalue weighted by molar-refractivity contribution is -0.138. The molecular formula is C10H12N2O2S. The molecule has 1 rings (SSSR count). The molecule has 5 heteroatoms. The van der Waals surface area contributed by atoms with Crippen LogP contribution in [-0.2, 0) is 9.53 Å². The molecule has 4 nitrogen and oxygen atoms in total. The van der Waals surface area contributed by atoms with E-state index in [1.807, 2.05) is 0 Å². The van der Waals surface area contributed by atoms with E-state index in [0.717, 1.165) is 5.03 Å². The molecular weight excluding hydrogens is 212 g/mol. The van der Waals surface area contributed by atoms with E-state index < -0.39 is 0 Å². The number of hydrogen-bond donors (Lipinski definition) is 0. The molecule has 0 amide bonds. The van der Waals surface area contributed by atoms with Crippen LogP contribution in [0.1, 0.15) is 6.92 Å². The molecule has 0 radical (unpaired) electrons. The van der Waals surface area contributed by atoms with E-state index in [1.54, 1.807) is 19.2 Å². The van der Waals surface area contributed by atoms with Crippen molar-refractivity contribution in [3.8, 4) is 0 Å². The van der Waals surface area contributed by atoms with E-state index in [-0.39, 0.29) is 5.97 Å². The molecule has 0 aliphatic heterocycles. The molecule has 1 aromatic heterocycles. The molecule has 0 aliphatic rings. The molecule has 0 bridgehead atoms. The topological polar surface area (TPSA) is 52.1 Å². The maximum absolute atomic E-state index is 11.2. The summed E-state index contributed by atoms with van der Waals surface area (Å²) >= 11 is 1.43. The van der Waals surface area contributed by atoms with Crippen molar-refractivity contribution in [2.45, 2.75) is 11.9 Å². The van der Waals surface area contributed by atoms with E-state index in [4.69, 9.17) is 4.74 Å². The summed E-state index contributed by atoms with van der Waals surface area (Å²) in [5.74, 6) is 0.134. The second-order valence-electron chi connectivity index (χ2n) is 2.66. The Bertz CT molecular complexity index is 341. The van der Waals surface area contributed by atoms with Gasteiger partial charge < -0.3 is 4.74 Å². The SMILES string of the molecule is C=C(CSc1ccncn1)C(=O)OCC. The first-order chi connectivity index (χ1) is 7.24. The van der Waals surface area contributed by atoms with Crippen molar-refractivity contribution in [2.75, 3.05) is 12.4 Å². The Morgan fingerprint density at radius 3 is 3.07 bits per heavy atom. The third-order valence-electron chi connectivity index (χ3n) is 1.51. The first kappa shape index (κ1) is 11.7. The number of thioether (sulfide) groups is 1. The third-order valence-corrected chi connectivity index (χ3v) is 2.54. The maximum Gasteiger partial charge on any atom is 0.334 e. The van der Waals surface area contributed by atoms with E-state index >= 15 is 0 Å². The van der Waals surface area contributed by atoms with Crippen molar-refractivity contribution in [3.63, 3.8) is 0 Å². The van der Waals surface area contributed by atoms with Gasteiger partial charge in [0.25, 0.3) is 0 Å². The minimum absolute atomic E-state index is 0.348. The second kappa shape index (κ2) is 6.19. The van der Waals surface area contributed by atoms with Crippen LogP contribution in [0.5, 0.6) is 0 Å². The van der Waals surface area contributed by atoms with Gasteiger partial charge in [0.15, 0.2) is 0 Å². The zero-order chi connectivity index (χ0) is 11.1. The summed E-state index contributed by atoms with van der Waals surface area (Å²) in [5.41, 5.74) is 0.445. The Kier molecular flexibility index (Phi) is 4.83. The van der Waals surface area contributed by atoms with Crippen LogP contribution < -0.4 is 0 Å². The van der Waals surface area contributed by atoms with E-state index in [0.29, 0.717) is 17.9 Å². The lowest BCUT2D eigenvalue weighted by atomic mass is 10.4. The molecule has 80 valence electrons. The second-order valence-corrected chi connectivity index (χ2v) is 3.66. The van der Waals surface area contributed by atoms with Crippen molar-refractivity contribution in [2.24, 2.45) is 0 Å². The summed E-state index contributed by atoms with van der Waals surface area (Å²) in [6.07, 6.45) is 3.12. The Morgan fingerprint density at radius 2 is 2.47 bits per heavy atom. The van der Waals surface area contributed by atoms with Gasteiger partial charge in [-0.15, -0.1) is 11.8 Å². The van der Waals surface area contributed by atoms with Gasteiger partial charge in [0.2, 0.25) is 0 Å². The van der Waals surface area contributed by atoms with Crippen LogP contribution in [-0.4, -0.2) is 28.3 Å². The molecule has 0 saturated carbocycles. The predicted octanol–water partition coefficient (Wildman–Crippen LogP) is 1.69. The fourth-order valence-electron chi connectivity index (χ4n) is 0.817. The van der Waals surface area contributed by atoms with Crippen molar-refractivity contribution < 1.29 is 9.53 Å². The van der Waals surface area contributed by atoms with Crippen molar-refractivity contribution in [1.82, 2.24) is 9.97 Å². The average molecular weight is 224 g/mol. The quantitative estimate of drug-likeness (QED) is 0.330. The number of esters is 1. The van der Waals surface area contributed by atoms with Gasteiger partial charge in [-0.2, -0.15) is 0 Å². The summed E-state index contributed by atoms with van der Waals surface area (Å²) in [6, 6.07) is 1.78. The number of ether oxygens (including phenoxy) is 1. The minimum atomic E-state index is -0.348. The zero-order valence-electron chi connectivity index (χ0n) is 8.47. The monoisotopic (exact) mass is 224 g/mol. The number of hydrogen-bond acceptors (Lipinski definition) is 5. The molecule has 15 heavy (non-hydrogen) atoms. The molecule has 0 spiro atoms. The predicted molar refractivity (Wildman–Crippen MR) is 58.5 cm³/mol. The van der Waals surface area contributed by atoms with Crippen LogP contribution in [0.4, 0.5) is 0 Å². The Morgan fingerprint density at radius 1 is 1.67 bits per heavy atom. The van der Waals surface area contributed by atoms with Crippen LogP contribution in [0.2, 0.25) is 0 Å². The number of nitrogens with zero attached hydrogens (tertiary/aromatic N) is 2. The van der Waals surface area contributed by atoms with E-state index in [9.17, 15) is 4.79 Å². The first-order valence-corrected chi connectivity index (χ1v) is 5.46. The Balaban J connectivity index is 2.38. The van der Waals surface area contributed by atoms with Crippen molar-refractivity contribution in [1.29, 1.82) is 0 Å². The van der Waals surface area contributed by atoms with Crippen molar-refractivity contribution in [3.05, 3.63) is 30.7 Å². The molecule has 0 fully saturated rings. The molecule has 0 N–H and O–H groups in total. The minimum Gasteiger partial charge on any atom is -0.463 e. The van der Waals surface area contributed by atoms with Gasteiger partial charge in [-0.1, -0.05) is 6.58 Å². The molecule has 0 atom stereocenters. The van der Waals surface area contributed by atoms with Gasteiger partial charge in [0.1, 0.15) is 6.33 Å². The number of rotatable bonds is 5. The lowest BCUT2D eigenvalue weighted by Crippen LogP contribution is -2.08. The molecule has 0 aromatic carbocycles. The number of carbonyl (C=O) groups is 1. The largest absolute Gasteiger partial charge is 0.463 e. The highest BCUT2D eigenvalue weighted by Gasteiger charge is 2.08. The summed E-state index contributed by atoms with van der Waals surface area (Å²) in [6.45, 7) is 5.79. The molecule has 0 unspecified atom stereocenters. The normalized spacial score (nSPS) is 9.67. The summed E-state index contributed by atoms with van der Waals surface area (Å²) in [7, 11) is 0. The summed E-state index contributed by atoms with van der Waals surface area (Å²) in [5, 5.41) is 0.815. The highest BCUT2D eigenvalue weighted by atomic mass is 32.2. The lowest BCUT2D eigenvalue weighted by Gasteiger charge is -2.03. The molecule has 1 heterocycles. The smallest absolute Gasteiger partial charge is 0.334 e. The van der Waals surface area contributed by atoms with Gasteiger partial charge >= 0.3 is 5.97 Å². The number of aromatic nitrogens is 2. The van der Waals surface area contributed by atoms with Gasteiger partial charge in [-0.25, -0.2) is 14.8 Å². The van der Waals surface area contributed by atoms with Gasteiger partial charge in [-0.3, -0.25) is 0 Å². The Labute approximate surface area is 92.8 Å². The van der Waals surface area contributed by atoms with Gasteiger partial charge in [-0.05, 0) is 13.0 Å². The molecule has 1 aromatic rings. The number of carbonyl (C=O) groups excluding carboxylic acids is 1. The van der Waals surface area contributed by atoms with Crippen LogP contribution in [0, 0.1) is 0 Å². The summed E-state index contributed by atoms with van der Waals surface area (Å²) < 4.78 is 4.81. The van der Waals surface area contributed by atoms with E-state index in [2.05, 4.69) is 16.5 Å². The molecule has 0 aliphatic carbocycles. The van der Waals surface area contributed by atoms with Crippen LogP contribution in [0.15, 0.2) is 35.8 Å². The Hall–Kier alpha value is -1.36. The third kappa shape index (κ3) is 4.12. The molecule has 0 saturated heterocycles. The average Bonchev–Trinajstić information content (AvgIpc) is 2.27.